The largest absolute Gasteiger partial charge is 0.342 e. The van der Waals surface area contributed by atoms with Gasteiger partial charge in [0.25, 0.3) is 5.91 Å². The average molecular weight is 333 g/mol. The molecule has 1 amide bonds. The minimum absolute atomic E-state index is 0.0959. The molecule has 3 aromatic rings. The molecule has 0 aliphatic rings. The van der Waals surface area contributed by atoms with Gasteiger partial charge in [-0.25, -0.2) is 4.98 Å². The zero-order valence-corrected chi connectivity index (χ0v) is 14.9. The molecule has 128 valence electrons. The number of amides is 1. The minimum atomic E-state index is -0.208. The Balaban J connectivity index is 1.90. The van der Waals surface area contributed by atoms with Gasteiger partial charge in [-0.3, -0.25) is 4.79 Å². The van der Waals surface area contributed by atoms with E-state index in [9.17, 15) is 4.79 Å². The summed E-state index contributed by atoms with van der Waals surface area (Å²) in [5, 5.41) is 3.05. The third kappa shape index (κ3) is 3.63. The molecule has 0 bridgehead atoms. The fourth-order valence-electron chi connectivity index (χ4n) is 2.91. The van der Waals surface area contributed by atoms with Crippen LogP contribution in [-0.2, 0) is 6.54 Å². The lowest BCUT2D eigenvalue weighted by Gasteiger charge is -2.16. The molecular formula is C21H23N3O. The first kappa shape index (κ1) is 17.0. The van der Waals surface area contributed by atoms with Gasteiger partial charge in [-0.15, -0.1) is 0 Å². The quantitative estimate of drug-likeness (QED) is 0.703. The number of carbonyl (C=O) groups is 1. The molecular weight excluding hydrogens is 310 g/mol. The van der Waals surface area contributed by atoms with E-state index in [1.54, 1.807) is 0 Å². The molecule has 4 heteroatoms. The Bertz CT molecular complexity index is 922. The lowest BCUT2D eigenvalue weighted by molar-refractivity contribution is 0.0938. The van der Waals surface area contributed by atoms with Gasteiger partial charge in [0.05, 0.1) is 17.1 Å². The predicted octanol–water partition coefficient (Wildman–Crippen LogP) is 4.41. The van der Waals surface area contributed by atoms with Crippen molar-refractivity contribution in [2.75, 3.05) is 0 Å². The fourth-order valence-corrected chi connectivity index (χ4v) is 2.91. The molecule has 0 radical (unpaired) electrons. The Morgan fingerprint density at radius 3 is 2.56 bits per heavy atom. The topological polar surface area (TPSA) is 46.9 Å². The first-order chi connectivity index (χ1) is 12.0. The number of allylic oxidation sites excluding steroid dienone is 1. The van der Waals surface area contributed by atoms with Crippen LogP contribution in [0.1, 0.15) is 41.6 Å². The highest BCUT2D eigenvalue weighted by Crippen LogP contribution is 2.22. The smallest absolute Gasteiger partial charge is 0.251 e. The van der Waals surface area contributed by atoms with Crippen LogP contribution in [0.5, 0.6) is 0 Å². The van der Waals surface area contributed by atoms with Crippen molar-refractivity contribution in [1.82, 2.24) is 14.9 Å². The molecule has 1 heterocycles. The van der Waals surface area contributed by atoms with Gasteiger partial charge in [0.2, 0.25) is 0 Å². The molecule has 2 aromatic carbocycles. The minimum Gasteiger partial charge on any atom is -0.342 e. The Morgan fingerprint density at radius 2 is 1.88 bits per heavy atom. The number of hydrogen-bond acceptors (Lipinski definition) is 2. The number of carbonyl (C=O) groups excluding carboxylic acids is 1. The summed E-state index contributed by atoms with van der Waals surface area (Å²) in [6.07, 6.45) is 0. The number of fused-ring (bicyclic) bond motifs is 1. The number of aromatic nitrogens is 2. The van der Waals surface area contributed by atoms with Crippen molar-refractivity contribution in [3.8, 4) is 0 Å². The summed E-state index contributed by atoms with van der Waals surface area (Å²) in [6.45, 7) is 10.7. The number of nitrogens with zero attached hydrogens (tertiary/aromatic N) is 2. The van der Waals surface area contributed by atoms with Crippen molar-refractivity contribution in [3.05, 3.63) is 77.6 Å². The number of hydrogen-bond donors (Lipinski definition) is 1. The Kier molecular flexibility index (Phi) is 4.70. The van der Waals surface area contributed by atoms with E-state index in [0.717, 1.165) is 28.0 Å². The number of imidazole rings is 1. The van der Waals surface area contributed by atoms with E-state index in [0.29, 0.717) is 12.1 Å². The molecule has 0 aliphatic carbocycles. The highest BCUT2D eigenvalue weighted by molar-refractivity contribution is 5.94. The van der Waals surface area contributed by atoms with Crippen LogP contribution < -0.4 is 5.32 Å². The summed E-state index contributed by atoms with van der Waals surface area (Å²) >= 11 is 0. The van der Waals surface area contributed by atoms with Gasteiger partial charge >= 0.3 is 0 Å². The van der Waals surface area contributed by atoms with Crippen molar-refractivity contribution in [2.45, 2.75) is 33.4 Å². The van der Waals surface area contributed by atoms with E-state index in [1.807, 2.05) is 69.3 Å². The molecule has 1 N–H and O–H groups in total. The molecule has 0 saturated heterocycles. The monoisotopic (exact) mass is 333 g/mol. The third-order valence-electron chi connectivity index (χ3n) is 4.16. The molecule has 0 saturated carbocycles. The maximum atomic E-state index is 12.5. The van der Waals surface area contributed by atoms with E-state index in [4.69, 9.17) is 4.98 Å². The van der Waals surface area contributed by atoms with Gasteiger partial charge < -0.3 is 9.88 Å². The highest BCUT2D eigenvalue weighted by Gasteiger charge is 2.19. The first-order valence-corrected chi connectivity index (χ1v) is 8.43. The molecule has 25 heavy (non-hydrogen) atoms. The van der Waals surface area contributed by atoms with Crippen molar-refractivity contribution in [2.24, 2.45) is 0 Å². The Morgan fingerprint density at radius 1 is 1.20 bits per heavy atom. The molecule has 4 nitrogen and oxygen atoms in total. The van der Waals surface area contributed by atoms with Crippen LogP contribution in [0.25, 0.3) is 11.0 Å². The zero-order chi connectivity index (χ0) is 18.0. The van der Waals surface area contributed by atoms with Crippen molar-refractivity contribution >= 4 is 16.9 Å². The maximum absolute atomic E-state index is 12.5. The number of nitrogens with one attached hydrogen (secondary N) is 1. The summed E-state index contributed by atoms with van der Waals surface area (Å²) < 4.78 is 2.12. The summed E-state index contributed by atoms with van der Waals surface area (Å²) in [7, 11) is 0. The van der Waals surface area contributed by atoms with Crippen LogP contribution in [0.15, 0.2) is 60.7 Å². The Hall–Kier alpha value is -2.88. The highest BCUT2D eigenvalue weighted by atomic mass is 16.1. The second kappa shape index (κ2) is 6.93. The lowest BCUT2D eigenvalue weighted by atomic mass is 10.1. The number of rotatable bonds is 5. The molecule has 0 spiro atoms. The summed E-state index contributed by atoms with van der Waals surface area (Å²) in [5.74, 6) is 0.742. The average Bonchev–Trinajstić information content (AvgIpc) is 2.93. The Labute approximate surface area is 148 Å². The van der Waals surface area contributed by atoms with Gasteiger partial charge in [-0.2, -0.15) is 0 Å². The second-order valence-corrected chi connectivity index (χ2v) is 6.56. The van der Waals surface area contributed by atoms with Crippen LogP contribution >= 0.6 is 0 Å². The number of aryl methyl sites for hydroxylation is 1. The van der Waals surface area contributed by atoms with Gasteiger partial charge in [0, 0.05) is 12.1 Å². The SMILES string of the molecule is C=C(C)Cn1c(C(C)NC(=O)c2ccc(C)cc2)nc2ccccc21. The van der Waals surface area contributed by atoms with Crippen LogP contribution in [0.4, 0.5) is 0 Å². The molecule has 0 fully saturated rings. The number of para-hydroxylation sites is 2. The third-order valence-corrected chi connectivity index (χ3v) is 4.16. The molecule has 1 unspecified atom stereocenters. The van der Waals surface area contributed by atoms with Crippen LogP contribution in [0.2, 0.25) is 0 Å². The van der Waals surface area contributed by atoms with E-state index in [2.05, 4.69) is 16.5 Å². The van der Waals surface area contributed by atoms with Crippen LogP contribution in [-0.4, -0.2) is 15.5 Å². The van der Waals surface area contributed by atoms with Crippen molar-refractivity contribution < 1.29 is 4.79 Å². The van der Waals surface area contributed by atoms with Gasteiger partial charge in [-0.1, -0.05) is 42.0 Å². The van der Waals surface area contributed by atoms with Crippen LogP contribution in [0, 0.1) is 6.92 Å². The molecule has 3 rings (SSSR count). The van der Waals surface area contributed by atoms with Crippen molar-refractivity contribution in [1.29, 1.82) is 0 Å². The summed E-state index contributed by atoms with van der Waals surface area (Å²) in [6, 6.07) is 15.4. The van der Waals surface area contributed by atoms with Gasteiger partial charge in [0.1, 0.15) is 5.82 Å². The van der Waals surface area contributed by atoms with Crippen molar-refractivity contribution in [3.63, 3.8) is 0 Å². The normalized spacial score (nSPS) is 12.1. The number of benzene rings is 2. The molecule has 1 atom stereocenters. The summed E-state index contributed by atoms with van der Waals surface area (Å²) in [5.41, 5.74) is 4.81. The van der Waals surface area contributed by atoms with E-state index in [-0.39, 0.29) is 11.9 Å². The maximum Gasteiger partial charge on any atom is 0.251 e. The summed E-state index contributed by atoms with van der Waals surface area (Å²) in [4.78, 5) is 17.3. The predicted molar refractivity (Wildman–Crippen MR) is 102 cm³/mol. The zero-order valence-electron chi connectivity index (χ0n) is 14.9. The van der Waals surface area contributed by atoms with E-state index < -0.39 is 0 Å². The van der Waals surface area contributed by atoms with E-state index >= 15 is 0 Å². The van der Waals surface area contributed by atoms with Crippen LogP contribution in [0.3, 0.4) is 0 Å². The molecule has 1 aromatic heterocycles. The first-order valence-electron chi connectivity index (χ1n) is 8.43. The van der Waals surface area contributed by atoms with Gasteiger partial charge in [-0.05, 0) is 45.0 Å². The van der Waals surface area contributed by atoms with Gasteiger partial charge in [0.15, 0.2) is 0 Å². The fraction of sp³-hybridized carbons (Fsp3) is 0.238. The second-order valence-electron chi connectivity index (χ2n) is 6.56. The van der Waals surface area contributed by atoms with E-state index in [1.165, 1.54) is 0 Å². The lowest BCUT2D eigenvalue weighted by Crippen LogP contribution is -2.28. The molecule has 0 aliphatic heterocycles. The standard InChI is InChI=1S/C21H23N3O/c1-14(2)13-24-19-8-6-5-7-18(19)23-20(24)16(4)22-21(25)17-11-9-15(3)10-12-17/h5-12,16H,1,13H2,2-4H3,(H,22,25).